The first-order valence-electron chi connectivity index (χ1n) is 5.87. The lowest BCUT2D eigenvalue weighted by Crippen LogP contribution is -2.54. The molecule has 1 heterocycles. The van der Waals surface area contributed by atoms with E-state index in [2.05, 4.69) is 19.1 Å². The van der Waals surface area contributed by atoms with Gasteiger partial charge < -0.3 is 9.80 Å². The largest absolute Gasteiger partial charge is 0.327 e. The Morgan fingerprint density at radius 3 is 2.87 bits per heavy atom. The molecule has 2 aliphatic rings. The molecule has 3 heteroatoms. The molecule has 0 aromatic rings. The maximum atomic E-state index is 12.0. The molecule has 15 heavy (non-hydrogen) atoms. The fourth-order valence-corrected chi connectivity index (χ4v) is 2.57. The minimum Gasteiger partial charge on any atom is -0.327 e. The second-order valence-electron chi connectivity index (χ2n) is 4.85. The normalized spacial score (nSPS) is 32.3. The first-order chi connectivity index (χ1) is 7.18. The summed E-state index contributed by atoms with van der Waals surface area (Å²) >= 11 is 0. The number of carbonyl (C=O) groups is 1. The van der Waals surface area contributed by atoms with E-state index < -0.39 is 0 Å². The lowest BCUT2D eigenvalue weighted by molar-refractivity contribution is 0.103. The Labute approximate surface area is 91.7 Å². The van der Waals surface area contributed by atoms with Crippen LogP contribution in [0.1, 0.15) is 26.2 Å². The monoisotopic (exact) mass is 208 g/mol. The summed E-state index contributed by atoms with van der Waals surface area (Å²) in [6.07, 6.45) is 7.92. The molecule has 0 aromatic heterocycles. The van der Waals surface area contributed by atoms with Crippen molar-refractivity contribution >= 4 is 6.03 Å². The molecule has 2 rings (SSSR count). The Balaban J connectivity index is 2.08. The van der Waals surface area contributed by atoms with Crippen LogP contribution in [0.15, 0.2) is 12.2 Å². The van der Waals surface area contributed by atoms with Crippen molar-refractivity contribution in [3.05, 3.63) is 12.2 Å². The van der Waals surface area contributed by atoms with Crippen LogP contribution in [-0.2, 0) is 0 Å². The number of hydrogen-bond acceptors (Lipinski definition) is 1. The van der Waals surface area contributed by atoms with E-state index in [0.717, 1.165) is 19.5 Å². The molecule has 3 nitrogen and oxygen atoms in total. The fraction of sp³-hybridized carbons (Fsp3) is 0.750. The maximum Gasteiger partial charge on any atom is 0.320 e. The highest BCUT2D eigenvalue weighted by atomic mass is 16.2. The highest BCUT2D eigenvalue weighted by Gasteiger charge is 2.31. The van der Waals surface area contributed by atoms with Crippen molar-refractivity contribution < 1.29 is 4.79 Å². The number of rotatable bonds is 1. The molecule has 2 unspecified atom stereocenters. The van der Waals surface area contributed by atoms with Gasteiger partial charge in [-0.25, -0.2) is 4.79 Å². The van der Waals surface area contributed by atoms with Gasteiger partial charge >= 0.3 is 6.03 Å². The Morgan fingerprint density at radius 1 is 1.40 bits per heavy atom. The molecular formula is C12H20N2O. The summed E-state index contributed by atoms with van der Waals surface area (Å²) in [5, 5.41) is 0. The second-order valence-corrected chi connectivity index (χ2v) is 4.85. The Morgan fingerprint density at radius 2 is 2.20 bits per heavy atom. The van der Waals surface area contributed by atoms with Gasteiger partial charge in [0.25, 0.3) is 0 Å². The van der Waals surface area contributed by atoms with Crippen molar-refractivity contribution in [1.29, 1.82) is 0 Å². The summed E-state index contributed by atoms with van der Waals surface area (Å²) in [5.74, 6) is 0.586. The van der Waals surface area contributed by atoms with Crippen molar-refractivity contribution in [3.63, 3.8) is 0 Å². The van der Waals surface area contributed by atoms with Gasteiger partial charge in [-0.15, -0.1) is 0 Å². The van der Waals surface area contributed by atoms with Gasteiger partial charge in [0.15, 0.2) is 0 Å². The zero-order chi connectivity index (χ0) is 10.8. The number of carbonyl (C=O) groups excluding carboxylic acids is 1. The highest BCUT2D eigenvalue weighted by molar-refractivity contribution is 5.75. The van der Waals surface area contributed by atoms with Gasteiger partial charge in [0.2, 0.25) is 0 Å². The maximum absolute atomic E-state index is 12.0. The molecule has 0 saturated carbocycles. The average Bonchev–Trinajstić information content (AvgIpc) is 2.24. The fourth-order valence-electron chi connectivity index (χ4n) is 2.57. The molecule has 0 radical (unpaired) electrons. The average molecular weight is 208 g/mol. The van der Waals surface area contributed by atoms with Crippen LogP contribution in [0, 0.1) is 5.92 Å². The lowest BCUT2D eigenvalue weighted by Gasteiger charge is -2.41. The van der Waals surface area contributed by atoms with Crippen LogP contribution in [0.25, 0.3) is 0 Å². The minimum absolute atomic E-state index is 0.199. The van der Waals surface area contributed by atoms with Crippen LogP contribution in [0.5, 0.6) is 0 Å². The third kappa shape index (κ3) is 2.16. The van der Waals surface area contributed by atoms with Crippen LogP contribution in [-0.4, -0.2) is 42.0 Å². The van der Waals surface area contributed by atoms with E-state index in [1.165, 1.54) is 12.8 Å². The van der Waals surface area contributed by atoms with Gasteiger partial charge in [-0.05, 0) is 25.2 Å². The van der Waals surface area contributed by atoms with Crippen molar-refractivity contribution in [2.75, 3.05) is 20.1 Å². The van der Waals surface area contributed by atoms with E-state index in [9.17, 15) is 4.79 Å². The predicted molar refractivity (Wildman–Crippen MR) is 60.7 cm³/mol. The first kappa shape index (κ1) is 10.5. The van der Waals surface area contributed by atoms with Crippen LogP contribution in [0.4, 0.5) is 4.79 Å². The minimum atomic E-state index is 0.199. The Bertz CT molecular complexity index is 275. The summed E-state index contributed by atoms with van der Waals surface area (Å²) in [6.45, 7) is 4.02. The van der Waals surface area contributed by atoms with Crippen LogP contribution in [0.2, 0.25) is 0 Å². The number of amides is 2. The SMILES string of the molecule is CC1CN(C)C(=O)N(C2C=CCCC2)C1. The molecule has 1 saturated heterocycles. The number of hydrogen-bond donors (Lipinski definition) is 0. The summed E-state index contributed by atoms with van der Waals surface area (Å²) in [7, 11) is 1.90. The van der Waals surface area contributed by atoms with Gasteiger partial charge in [0, 0.05) is 20.1 Å². The van der Waals surface area contributed by atoms with Gasteiger partial charge in [-0.2, -0.15) is 0 Å². The summed E-state index contributed by atoms with van der Waals surface area (Å²) in [4.78, 5) is 15.9. The van der Waals surface area contributed by atoms with Gasteiger partial charge in [-0.3, -0.25) is 0 Å². The van der Waals surface area contributed by atoms with Gasteiger partial charge in [0.1, 0.15) is 0 Å². The smallest absolute Gasteiger partial charge is 0.320 e. The van der Waals surface area contributed by atoms with Crippen molar-refractivity contribution in [3.8, 4) is 0 Å². The van der Waals surface area contributed by atoms with Crippen LogP contribution >= 0.6 is 0 Å². The Kier molecular flexibility index (Phi) is 2.98. The molecule has 84 valence electrons. The number of allylic oxidation sites excluding steroid dienone is 1. The molecule has 0 spiro atoms. The van der Waals surface area contributed by atoms with E-state index in [1.54, 1.807) is 0 Å². The summed E-state index contributed by atoms with van der Waals surface area (Å²) < 4.78 is 0. The van der Waals surface area contributed by atoms with Crippen molar-refractivity contribution in [2.24, 2.45) is 5.92 Å². The summed E-state index contributed by atoms with van der Waals surface area (Å²) in [6, 6.07) is 0.543. The third-order valence-corrected chi connectivity index (χ3v) is 3.30. The molecule has 2 atom stereocenters. The summed E-state index contributed by atoms with van der Waals surface area (Å²) in [5.41, 5.74) is 0. The molecule has 1 aliphatic heterocycles. The molecule has 1 aliphatic carbocycles. The van der Waals surface area contributed by atoms with Crippen molar-refractivity contribution in [2.45, 2.75) is 32.2 Å². The molecule has 2 amide bonds. The van der Waals surface area contributed by atoms with Crippen LogP contribution < -0.4 is 0 Å². The van der Waals surface area contributed by atoms with Gasteiger partial charge in [-0.1, -0.05) is 19.1 Å². The van der Waals surface area contributed by atoms with E-state index in [-0.39, 0.29) is 6.03 Å². The third-order valence-electron chi connectivity index (χ3n) is 3.30. The standard InChI is InChI=1S/C12H20N2O/c1-10-8-13(2)12(15)14(9-10)11-6-4-3-5-7-11/h4,6,10-11H,3,5,7-9H2,1-2H3. The number of urea groups is 1. The molecule has 1 fully saturated rings. The van der Waals surface area contributed by atoms with E-state index >= 15 is 0 Å². The van der Waals surface area contributed by atoms with Crippen molar-refractivity contribution in [1.82, 2.24) is 9.80 Å². The molecule has 0 N–H and O–H groups in total. The van der Waals surface area contributed by atoms with E-state index in [0.29, 0.717) is 12.0 Å². The predicted octanol–water partition coefficient (Wildman–Crippen LogP) is 2.10. The zero-order valence-corrected chi connectivity index (χ0v) is 9.65. The van der Waals surface area contributed by atoms with E-state index in [4.69, 9.17) is 0 Å². The first-order valence-corrected chi connectivity index (χ1v) is 5.87. The molecule has 0 bridgehead atoms. The quantitative estimate of drug-likeness (QED) is 0.605. The number of nitrogens with zero attached hydrogens (tertiary/aromatic N) is 2. The Hall–Kier alpha value is -0.990. The topological polar surface area (TPSA) is 23.6 Å². The molecule has 0 aromatic carbocycles. The van der Waals surface area contributed by atoms with Gasteiger partial charge in [0.05, 0.1) is 6.04 Å². The lowest BCUT2D eigenvalue weighted by atomic mass is 9.99. The van der Waals surface area contributed by atoms with Crippen LogP contribution in [0.3, 0.4) is 0 Å². The highest BCUT2D eigenvalue weighted by Crippen LogP contribution is 2.22. The zero-order valence-electron chi connectivity index (χ0n) is 9.65. The van der Waals surface area contributed by atoms with E-state index in [1.807, 2.05) is 16.8 Å². The second kappa shape index (κ2) is 4.25. The molecular weight excluding hydrogens is 188 g/mol.